The maximum atomic E-state index is 13.0. The Hall–Kier alpha value is -0.970. The molecule has 1 fully saturated rings. The van der Waals surface area contributed by atoms with Gasteiger partial charge in [-0.15, -0.1) is 0 Å². The van der Waals surface area contributed by atoms with E-state index >= 15 is 0 Å². The molecular weight excluding hydrogens is 265 g/mol. The lowest BCUT2D eigenvalue weighted by Crippen LogP contribution is -2.42. The molecule has 0 aliphatic carbocycles. The van der Waals surface area contributed by atoms with Gasteiger partial charge in [0.15, 0.2) is 0 Å². The maximum absolute atomic E-state index is 13.0. The Labute approximate surface area is 128 Å². The predicted octanol–water partition coefficient (Wildman–Crippen LogP) is 2.50. The summed E-state index contributed by atoms with van der Waals surface area (Å²) in [6.45, 7) is 3.46. The van der Waals surface area contributed by atoms with E-state index in [1.54, 1.807) is 12.1 Å². The molecule has 1 heterocycles. The fourth-order valence-corrected chi connectivity index (χ4v) is 3.12. The van der Waals surface area contributed by atoms with Crippen LogP contribution in [0.3, 0.4) is 0 Å². The van der Waals surface area contributed by atoms with E-state index in [0.717, 1.165) is 18.5 Å². The molecule has 1 aromatic rings. The minimum Gasteiger partial charge on any atom is -0.313 e. The van der Waals surface area contributed by atoms with Gasteiger partial charge in [0.05, 0.1) is 0 Å². The average molecular weight is 293 g/mol. The first-order valence-corrected chi connectivity index (χ1v) is 7.91. The van der Waals surface area contributed by atoms with Crippen LogP contribution in [-0.4, -0.2) is 56.6 Å². The molecule has 2 rings (SSSR count). The first-order valence-electron chi connectivity index (χ1n) is 7.91. The molecule has 3 nitrogen and oxygen atoms in total. The predicted molar refractivity (Wildman–Crippen MR) is 86.0 cm³/mol. The summed E-state index contributed by atoms with van der Waals surface area (Å²) in [5.41, 5.74) is 1.16. The molecule has 4 heteroatoms. The van der Waals surface area contributed by atoms with Crippen molar-refractivity contribution >= 4 is 0 Å². The van der Waals surface area contributed by atoms with E-state index in [4.69, 9.17) is 0 Å². The summed E-state index contributed by atoms with van der Waals surface area (Å²) in [5.74, 6) is -0.169. The number of rotatable bonds is 6. The second-order valence-corrected chi connectivity index (χ2v) is 6.20. The quantitative estimate of drug-likeness (QED) is 0.869. The van der Waals surface area contributed by atoms with Crippen molar-refractivity contribution in [2.45, 2.75) is 31.3 Å². The molecule has 0 bridgehead atoms. The van der Waals surface area contributed by atoms with Gasteiger partial charge in [-0.05, 0) is 77.7 Å². The minimum atomic E-state index is -0.169. The number of nitrogens with zero attached hydrogens (tertiary/aromatic N) is 2. The fourth-order valence-electron chi connectivity index (χ4n) is 3.12. The number of halogens is 1. The summed E-state index contributed by atoms with van der Waals surface area (Å²) in [6, 6.07) is 7.84. The fraction of sp³-hybridized carbons (Fsp3) is 0.647. The summed E-state index contributed by atoms with van der Waals surface area (Å²) < 4.78 is 13.0. The van der Waals surface area contributed by atoms with Gasteiger partial charge in [-0.2, -0.15) is 0 Å². The molecule has 0 spiro atoms. The molecule has 0 amide bonds. The number of hydrogen-bond acceptors (Lipinski definition) is 3. The monoisotopic (exact) mass is 293 g/mol. The van der Waals surface area contributed by atoms with Gasteiger partial charge in [0.1, 0.15) is 5.82 Å². The van der Waals surface area contributed by atoms with Gasteiger partial charge in [-0.1, -0.05) is 12.1 Å². The Morgan fingerprint density at radius 1 is 1.29 bits per heavy atom. The summed E-state index contributed by atoms with van der Waals surface area (Å²) in [5, 5.41) is 3.35. The van der Waals surface area contributed by atoms with Gasteiger partial charge in [0.2, 0.25) is 0 Å². The normalized spacial score (nSPS) is 19.1. The van der Waals surface area contributed by atoms with Crippen LogP contribution in [0.15, 0.2) is 24.3 Å². The van der Waals surface area contributed by atoms with Gasteiger partial charge in [-0.25, -0.2) is 4.39 Å². The second kappa shape index (κ2) is 7.87. The molecule has 1 unspecified atom stereocenters. The van der Waals surface area contributed by atoms with Gasteiger partial charge < -0.3 is 15.1 Å². The van der Waals surface area contributed by atoms with Gasteiger partial charge >= 0.3 is 0 Å². The molecule has 118 valence electrons. The molecule has 1 aliphatic rings. The van der Waals surface area contributed by atoms with Crippen LogP contribution in [0.1, 0.15) is 30.9 Å². The van der Waals surface area contributed by atoms with Crippen LogP contribution in [0.25, 0.3) is 0 Å². The maximum Gasteiger partial charge on any atom is 0.123 e. The van der Waals surface area contributed by atoms with E-state index in [1.807, 2.05) is 19.2 Å². The number of piperidine rings is 1. The number of benzene rings is 1. The molecule has 1 N–H and O–H groups in total. The molecule has 1 saturated heterocycles. The van der Waals surface area contributed by atoms with Crippen molar-refractivity contribution < 1.29 is 4.39 Å². The third-order valence-electron chi connectivity index (χ3n) is 4.70. The Kier molecular flexibility index (Phi) is 6.15. The first kappa shape index (κ1) is 16.4. The molecule has 0 saturated carbocycles. The molecule has 0 radical (unpaired) electrons. The third-order valence-corrected chi connectivity index (χ3v) is 4.70. The van der Waals surface area contributed by atoms with Crippen LogP contribution < -0.4 is 5.32 Å². The van der Waals surface area contributed by atoms with E-state index < -0.39 is 0 Å². The summed E-state index contributed by atoms with van der Waals surface area (Å²) in [6.07, 6.45) is 3.56. The van der Waals surface area contributed by atoms with Crippen molar-refractivity contribution in [2.24, 2.45) is 0 Å². The Morgan fingerprint density at radius 3 is 2.48 bits per heavy atom. The average Bonchev–Trinajstić information content (AvgIpc) is 2.50. The highest BCUT2D eigenvalue weighted by molar-refractivity contribution is 5.19. The highest BCUT2D eigenvalue weighted by Gasteiger charge is 2.21. The largest absolute Gasteiger partial charge is 0.313 e. The third kappa shape index (κ3) is 4.77. The molecular formula is C17H28FN3. The molecule has 1 aliphatic heterocycles. The summed E-state index contributed by atoms with van der Waals surface area (Å²) in [4.78, 5) is 4.89. The van der Waals surface area contributed by atoms with E-state index in [-0.39, 0.29) is 5.82 Å². The van der Waals surface area contributed by atoms with E-state index in [9.17, 15) is 4.39 Å². The van der Waals surface area contributed by atoms with Crippen molar-refractivity contribution in [1.29, 1.82) is 0 Å². The Morgan fingerprint density at radius 2 is 1.90 bits per heavy atom. The zero-order chi connectivity index (χ0) is 15.2. The smallest absolute Gasteiger partial charge is 0.123 e. The van der Waals surface area contributed by atoms with Crippen LogP contribution in [-0.2, 0) is 0 Å². The lowest BCUT2D eigenvalue weighted by molar-refractivity contribution is 0.140. The Bertz CT molecular complexity index is 413. The molecule has 21 heavy (non-hydrogen) atoms. The molecule has 1 aromatic carbocycles. The SMILES string of the molecule is CNC(CCN(C)C1CCN(C)CC1)c1ccc(F)cc1. The lowest BCUT2D eigenvalue weighted by atomic mass is 10.0. The van der Waals surface area contributed by atoms with Crippen molar-refractivity contribution in [1.82, 2.24) is 15.1 Å². The van der Waals surface area contributed by atoms with Gasteiger partial charge in [0, 0.05) is 12.1 Å². The zero-order valence-corrected chi connectivity index (χ0v) is 13.5. The summed E-state index contributed by atoms with van der Waals surface area (Å²) in [7, 11) is 6.40. The first-order chi connectivity index (χ1) is 10.1. The van der Waals surface area contributed by atoms with Crippen molar-refractivity contribution in [3.63, 3.8) is 0 Å². The molecule has 1 atom stereocenters. The van der Waals surface area contributed by atoms with Crippen molar-refractivity contribution in [2.75, 3.05) is 40.8 Å². The summed E-state index contributed by atoms with van der Waals surface area (Å²) >= 11 is 0. The van der Waals surface area contributed by atoms with Crippen LogP contribution in [0.5, 0.6) is 0 Å². The highest BCUT2D eigenvalue weighted by Crippen LogP contribution is 2.19. The van der Waals surface area contributed by atoms with Crippen LogP contribution in [0.4, 0.5) is 4.39 Å². The topological polar surface area (TPSA) is 18.5 Å². The molecule has 0 aromatic heterocycles. The van der Waals surface area contributed by atoms with E-state index in [1.165, 1.54) is 25.9 Å². The van der Waals surface area contributed by atoms with Crippen LogP contribution in [0.2, 0.25) is 0 Å². The van der Waals surface area contributed by atoms with E-state index in [0.29, 0.717) is 12.1 Å². The number of likely N-dealkylation sites (tertiary alicyclic amines) is 1. The Balaban J connectivity index is 1.83. The van der Waals surface area contributed by atoms with Gasteiger partial charge in [0.25, 0.3) is 0 Å². The number of nitrogens with one attached hydrogen (secondary N) is 1. The van der Waals surface area contributed by atoms with Crippen molar-refractivity contribution in [3.05, 3.63) is 35.6 Å². The zero-order valence-electron chi connectivity index (χ0n) is 13.5. The second-order valence-electron chi connectivity index (χ2n) is 6.20. The van der Waals surface area contributed by atoms with Crippen LogP contribution >= 0.6 is 0 Å². The van der Waals surface area contributed by atoms with E-state index in [2.05, 4.69) is 29.2 Å². The lowest BCUT2D eigenvalue weighted by Gasteiger charge is -2.35. The minimum absolute atomic E-state index is 0.169. The number of hydrogen-bond donors (Lipinski definition) is 1. The standard InChI is InChI=1S/C17H28FN3/c1-19-17(14-4-6-15(18)7-5-14)10-13-21(3)16-8-11-20(2)12-9-16/h4-7,16-17,19H,8-13H2,1-3H3. The van der Waals surface area contributed by atoms with Crippen molar-refractivity contribution in [3.8, 4) is 0 Å². The van der Waals surface area contributed by atoms with Crippen LogP contribution in [0, 0.1) is 5.82 Å². The van der Waals surface area contributed by atoms with Gasteiger partial charge in [-0.3, -0.25) is 0 Å². The highest BCUT2D eigenvalue weighted by atomic mass is 19.1.